The first-order valence-corrected chi connectivity index (χ1v) is 2.59. The lowest BCUT2D eigenvalue weighted by Gasteiger charge is -2.05. The van der Waals surface area contributed by atoms with Gasteiger partial charge in [-0.3, -0.25) is 0 Å². The highest BCUT2D eigenvalue weighted by atomic mass is 16.5. The normalized spacial score (nSPS) is 28.2. The Bertz CT molecular complexity index is 93.8. The summed E-state index contributed by atoms with van der Waals surface area (Å²) < 4.78 is 4.80. The number of carbonyl (C=O) groups is 1. The van der Waals surface area contributed by atoms with Crippen molar-refractivity contribution < 1.29 is 14.6 Å². The minimum Gasteiger partial charge on any atom is -0.550 e. The van der Waals surface area contributed by atoms with Gasteiger partial charge in [-0.1, -0.05) is 0 Å². The second kappa shape index (κ2) is 2.13. The molecule has 0 bridgehead atoms. The molecule has 46 valence electrons. The average molecular weight is 115 g/mol. The minimum absolute atomic E-state index is 0.336. The molecule has 1 heterocycles. The molecule has 1 aliphatic heterocycles. The summed E-state index contributed by atoms with van der Waals surface area (Å²) in [6.07, 6.45) is 0.613. The van der Waals surface area contributed by atoms with Gasteiger partial charge in [-0.2, -0.15) is 0 Å². The molecule has 1 saturated heterocycles. The van der Waals surface area contributed by atoms with Crippen molar-refractivity contribution in [2.75, 3.05) is 13.2 Å². The Morgan fingerprint density at radius 3 is 2.75 bits per heavy atom. The Kier molecular flexibility index (Phi) is 1.48. The van der Waals surface area contributed by atoms with Gasteiger partial charge < -0.3 is 14.6 Å². The van der Waals surface area contributed by atoms with Gasteiger partial charge in [0, 0.05) is 18.5 Å². The van der Waals surface area contributed by atoms with Crippen LogP contribution in [0.25, 0.3) is 0 Å². The SMILES string of the molecule is O=C([O-])C1CCOC1. The predicted octanol–water partition coefficient (Wildman–Crippen LogP) is -1.23. The van der Waals surface area contributed by atoms with Gasteiger partial charge in [-0.25, -0.2) is 0 Å². The van der Waals surface area contributed by atoms with Crippen molar-refractivity contribution in [3.63, 3.8) is 0 Å². The van der Waals surface area contributed by atoms with Crippen molar-refractivity contribution in [2.45, 2.75) is 6.42 Å². The van der Waals surface area contributed by atoms with Crippen LogP contribution < -0.4 is 5.11 Å². The smallest absolute Gasteiger partial charge is 0.0547 e. The van der Waals surface area contributed by atoms with Gasteiger partial charge in [-0.15, -0.1) is 0 Å². The zero-order valence-corrected chi connectivity index (χ0v) is 4.42. The topological polar surface area (TPSA) is 49.4 Å². The second-order valence-electron chi connectivity index (χ2n) is 1.88. The highest BCUT2D eigenvalue weighted by Crippen LogP contribution is 2.09. The van der Waals surface area contributed by atoms with E-state index in [1.54, 1.807) is 0 Å². The summed E-state index contributed by atoms with van der Waals surface area (Å²) in [5, 5.41) is 10.0. The van der Waals surface area contributed by atoms with Crippen molar-refractivity contribution in [1.29, 1.82) is 0 Å². The summed E-state index contributed by atoms with van der Waals surface area (Å²) in [6.45, 7) is 0.904. The van der Waals surface area contributed by atoms with Crippen molar-refractivity contribution in [3.8, 4) is 0 Å². The van der Waals surface area contributed by atoms with E-state index in [-0.39, 0.29) is 5.92 Å². The minimum atomic E-state index is -0.984. The summed E-state index contributed by atoms with van der Waals surface area (Å²) in [5.41, 5.74) is 0. The highest BCUT2D eigenvalue weighted by Gasteiger charge is 2.15. The summed E-state index contributed by atoms with van der Waals surface area (Å²) in [4.78, 5) is 10.0. The molecule has 0 aromatic heterocycles. The largest absolute Gasteiger partial charge is 0.550 e. The molecule has 0 spiro atoms. The van der Waals surface area contributed by atoms with Gasteiger partial charge in [-0.05, 0) is 6.42 Å². The zero-order valence-electron chi connectivity index (χ0n) is 4.42. The number of carbonyl (C=O) groups excluding carboxylic acids is 1. The molecule has 0 N–H and O–H groups in total. The van der Waals surface area contributed by atoms with Crippen LogP contribution >= 0.6 is 0 Å². The monoisotopic (exact) mass is 115 g/mol. The molecule has 1 rings (SSSR count). The number of carboxylic acids is 1. The van der Waals surface area contributed by atoms with Crippen molar-refractivity contribution in [1.82, 2.24) is 0 Å². The number of hydrogen-bond donors (Lipinski definition) is 0. The molecule has 1 unspecified atom stereocenters. The van der Waals surface area contributed by atoms with E-state index in [1.165, 1.54) is 0 Å². The molecular weight excluding hydrogens is 108 g/mol. The van der Waals surface area contributed by atoms with Crippen LogP contribution in [0, 0.1) is 5.92 Å². The first-order valence-electron chi connectivity index (χ1n) is 2.59. The molecule has 0 aliphatic carbocycles. The van der Waals surface area contributed by atoms with E-state index in [9.17, 15) is 9.90 Å². The van der Waals surface area contributed by atoms with Gasteiger partial charge in [0.15, 0.2) is 0 Å². The first-order chi connectivity index (χ1) is 3.80. The van der Waals surface area contributed by atoms with Crippen LogP contribution in [-0.4, -0.2) is 19.2 Å². The van der Waals surface area contributed by atoms with Crippen LogP contribution in [0.15, 0.2) is 0 Å². The molecule has 0 radical (unpaired) electrons. The van der Waals surface area contributed by atoms with Crippen molar-refractivity contribution >= 4 is 5.97 Å². The number of rotatable bonds is 1. The summed E-state index contributed by atoms with van der Waals surface area (Å²) in [6, 6.07) is 0. The van der Waals surface area contributed by atoms with Gasteiger partial charge in [0.2, 0.25) is 0 Å². The molecule has 3 heteroatoms. The summed E-state index contributed by atoms with van der Waals surface area (Å²) >= 11 is 0. The van der Waals surface area contributed by atoms with Crippen LogP contribution in [-0.2, 0) is 9.53 Å². The fraction of sp³-hybridized carbons (Fsp3) is 0.800. The third-order valence-corrected chi connectivity index (χ3v) is 1.26. The maximum Gasteiger partial charge on any atom is 0.0547 e. The molecule has 1 fully saturated rings. The molecule has 3 nitrogen and oxygen atoms in total. The molecule has 0 saturated carbocycles. The van der Waals surface area contributed by atoms with E-state index in [4.69, 9.17) is 4.74 Å². The lowest BCUT2D eigenvalue weighted by molar-refractivity contribution is -0.311. The first kappa shape index (κ1) is 5.56. The number of aliphatic carboxylic acids is 1. The van der Waals surface area contributed by atoms with Crippen LogP contribution in [0.2, 0.25) is 0 Å². The highest BCUT2D eigenvalue weighted by molar-refractivity contribution is 5.67. The standard InChI is InChI=1S/C5H8O3/c6-5(7)4-1-2-8-3-4/h4H,1-3H2,(H,6,7)/p-1. The van der Waals surface area contributed by atoms with Crippen molar-refractivity contribution in [2.24, 2.45) is 5.92 Å². The molecule has 1 aliphatic rings. The number of carboxylic acid groups (broad SMARTS) is 1. The molecular formula is C5H7O3-. The summed E-state index contributed by atoms with van der Waals surface area (Å²) in [7, 11) is 0. The Morgan fingerprint density at radius 2 is 2.50 bits per heavy atom. The van der Waals surface area contributed by atoms with E-state index in [0.29, 0.717) is 19.6 Å². The Labute approximate surface area is 47.3 Å². The third-order valence-electron chi connectivity index (χ3n) is 1.26. The van der Waals surface area contributed by atoms with E-state index in [2.05, 4.69) is 0 Å². The van der Waals surface area contributed by atoms with Crippen LogP contribution in [0.4, 0.5) is 0 Å². The fourth-order valence-corrected chi connectivity index (χ4v) is 0.720. The van der Waals surface area contributed by atoms with E-state index < -0.39 is 5.97 Å². The van der Waals surface area contributed by atoms with Crippen LogP contribution in [0.1, 0.15) is 6.42 Å². The molecule has 8 heavy (non-hydrogen) atoms. The molecule has 0 aromatic carbocycles. The maximum absolute atomic E-state index is 10.0. The van der Waals surface area contributed by atoms with Gasteiger partial charge >= 0.3 is 0 Å². The van der Waals surface area contributed by atoms with E-state index in [0.717, 1.165) is 0 Å². The summed E-state index contributed by atoms with van der Waals surface area (Å²) in [5.74, 6) is -1.34. The quantitative estimate of drug-likeness (QED) is 0.430. The Balaban J connectivity index is 2.35. The zero-order chi connectivity index (χ0) is 5.98. The lowest BCUT2D eigenvalue weighted by atomic mass is 10.1. The fourth-order valence-electron chi connectivity index (χ4n) is 0.720. The number of ether oxygens (including phenoxy) is 1. The van der Waals surface area contributed by atoms with Crippen LogP contribution in [0.5, 0.6) is 0 Å². The van der Waals surface area contributed by atoms with E-state index in [1.807, 2.05) is 0 Å². The predicted molar refractivity (Wildman–Crippen MR) is 23.9 cm³/mol. The molecule has 0 aromatic rings. The Hall–Kier alpha value is -0.570. The molecule has 1 atom stereocenters. The van der Waals surface area contributed by atoms with E-state index >= 15 is 0 Å². The number of hydrogen-bond acceptors (Lipinski definition) is 3. The van der Waals surface area contributed by atoms with Gasteiger partial charge in [0.1, 0.15) is 0 Å². The molecule has 0 amide bonds. The third kappa shape index (κ3) is 0.980. The Morgan fingerprint density at radius 1 is 1.75 bits per heavy atom. The van der Waals surface area contributed by atoms with Gasteiger partial charge in [0.25, 0.3) is 0 Å². The van der Waals surface area contributed by atoms with Crippen molar-refractivity contribution in [3.05, 3.63) is 0 Å². The lowest BCUT2D eigenvalue weighted by Crippen LogP contribution is -2.31. The van der Waals surface area contributed by atoms with Gasteiger partial charge in [0.05, 0.1) is 6.61 Å². The second-order valence-corrected chi connectivity index (χ2v) is 1.88. The average Bonchev–Trinajstić information content (AvgIpc) is 2.12. The maximum atomic E-state index is 10.0. The van der Waals surface area contributed by atoms with Crippen LogP contribution in [0.3, 0.4) is 0 Å².